The molecule has 54 valence electrons. The number of nitrogens with zero attached hydrogens (tertiary/aromatic N) is 2. The smallest absolute Gasteiger partial charge is 0.101 e. The maximum Gasteiger partial charge on any atom is 0.101 e. The zero-order valence-electron chi connectivity index (χ0n) is 5.14. The molecule has 2 N–H and O–H groups in total. The van der Waals surface area contributed by atoms with Gasteiger partial charge in [-0.05, 0) is 13.8 Å². The third-order valence-electron chi connectivity index (χ3n) is 0.824. The molecule has 0 fully saturated rings. The molecule has 0 amide bonds. The van der Waals surface area contributed by atoms with Crippen LogP contribution in [0, 0.1) is 0 Å². The van der Waals surface area contributed by atoms with E-state index in [1.54, 1.807) is 0 Å². The second kappa shape index (κ2) is 5.59. The van der Waals surface area contributed by atoms with Gasteiger partial charge in [0.2, 0.25) is 0 Å². The van der Waals surface area contributed by atoms with Gasteiger partial charge in [-0.15, -0.1) is 0 Å². The molecule has 0 unspecified atom stereocenters. The van der Waals surface area contributed by atoms with Crippen LogP contribution in [0.4, 0.5) is 0 Å². The van der Waals surface area contributed by atoms with Crippen LogP contribution in [-0.2, 0) is 17.1 Å². The molecule has 0 aliphatic carbocycles. The summed E-state index contributed by atoms with van der Waals surface area (Å²) in [6.07, 6.45) is 0. The van der Waals surface area contributed by atoms with Gasteiger partial charge in [-0.3, -0.25) is 0 Å². The fourth-order valence-corrected chi connectivity index (χ4v) is 0.145. The molecule has 0 bridgehead atoms. The van der Waals surface area contributed by atoms with Crippen molar-refractivity contribution >= 4 is 11.4 Å². The number of oxime groups is 2. The van der Waals surface area contributed by atoms with Crippen molar-refractivity contribution in [3.05, 3.63) is 0 Å². The SMILES string of the molecule is CC(=N\O)/C(C)=N/O.[Fe]. The van der Waals surface area contributed by atoms with Crippen LogP contribution in [0.15, 0.2) is 10.3 Å². The average molecular weight is 172 g/mol. The van der Waals surface area contributed by atoms with Crippen LogP contribution >= 0.6 is 0 Å². The van der Waals surface area contributed by atoms with Crippen molar-refractivity contribution in [3.8, 4) is 0 Å². The Morgan fingerprint density at radius 3 is 1.33 bits per heavy atom. The van der Waals surface area contributed by atoms with E-state index in [1.165, 1.54) is 13.8 Å². The summed E-state index contributed by atoms with van der Waals surface area (Å²) in [4.78, 5) is 0. The van der Waals surface area contributed by atoms with Gasteiger partial charge in [0.05, 0.1) is 0 Å². The molecule has 5 heteroatoms. The second-order valence-electron chi connectivity index (χ2n) is 1.37. The van der Waals surface area contributed by atoms with E-state index in [2.05, 4.69) is 10.3 Å². The number of hydrogen-bond donors (Lipinski definition) is 2. The molecule has 0 aliphatic heterocycles. The van der Waals surface area contributed by atoms with Gasteiger partial charge in [0.15, 0.2) is 0 Å². The van der Waals surface area contributed by atoms with Crippen LogP contribution in [0.5, 0.6) is 0 Å². The fraction of sp³-hybridized carbons (Fsp3) is 0.500. The average Bonchev–Trinajstić information content (AvgIpc) is 1.84. The fourth-order valence-electron chi connectivity index (χ4n) is 0.145. The van der Waals surface area contributed by atoms with Gasteiger partial charge in [0, 0.05) is 17.1 Å². The third kappa shape index (κ3) is 4.00. The van der Waals surface area contributed by atoms with Gasteiger partial charge < -0.3 is 10.4 Å². The summed E-state index contributed by atoms with van der Waals surface area (Å²) in [6, 6.07) is 0. The van der Waals surface area contributed by atoms with Crippen LogP contribution in [0.25, 0.3) is 0 Å². The predicted octanol–water partition coefficient (Wildman–Crippen LogP) is 0.684. The van der Waals surface area contributed by atoms with E-state index in [0.717, 1.165) is 0 Å². The standard InChI is InChI=1S/C4H8N2O2.Fe/c1-3(5-7)4(2)6-8;/h7-8H,1-2H3;/b5-3+,6-4+;. The molecule has 0 radical (unpaired) electrons. The van der Waals surface area contributed by atoms with Crippen molar-refractivity contribution in [2.45, 2.75) is 13.8 Å². The molecule has 0 rings (SSSR count). The maximum atomic E-state index is 8.03. The first kappa shape index (κ1) is 11.3. The molecule has 0 aromatic rings. The summed E-state index contributed by atoms with van der Waals surface area (Å²) in [5.41, 5.74) is 0.625. The summed E-state index contributed by atoms with van der Waals surface area (Å²) in [5.74, 6) is 0. The zero-order valence-corrected chi connectivity index (χ0v) is 6.25. The molecule has 0 saturated carbocycles. The molecule has 0 aromatic heterocycles. The van der Waals surface area contributed by atoms with E-state index in [9.17, 15) is 0 Å². The van der Waals surface area contributed by atoms with Crippen LogP contribution in [0.2, 0.25) is 0 Å². The number of hydrogen-bond acceptors (Lipinski definition) is 4. The van der Waals surface area contributed by atoms with Gasteiger partial charge in [0.1, 0.15) is 11.4 Å². The predicted molar refractivity (Wildman–Crippen MR) is 29.8 cm³/mol. The van der Waals surface area contributed by atoms with E-state index >= 15 is 0 Å². The summed E-state index contributed by atoms with van der Waals surface area (Å²) in [6.45, 7) is 3.07. The Bertz CT molecular complexity index is 117. The van der Waals surface area contributed by atoms with Crippen molar-refractivity contribution in [2.24, 2.45) is 10.3 Å². The third-order valence-corrected chi connectivity index (χ3v) is 0.824. The quantitative estimate of drug-likeness (QED) is 0.264. The van der Waals surface area contributed by atoms with Gasteiger partial charge in [-0.2, -0.15) is 0 Å². The summed E-state index contributed by atoms with van der Waals surface area (Å²) < 4.78 is 0. The second-order valence-corrected chi connectivity index (χ2v) is 1.37. The molecule has 4 nitrogen and oxygen atoms in total. The van der Waals surface area contributed by atoms with Crippen molar-refractivity contribution in [1.82, 2.24) is 0 Å². The van der Waals surface area contributed by atoms with Gasteiger partial charge >= 0.3 is 0 Å². The van der Waals surface area contributed by atoms with E-state index in [-0.39, 0.29) is 17.1 Å². The van der Waals surface area contributed by atoms with E-state index in [4.69, 9.17) is 10.4 Å². The Morgan fingerprint density at radius 2 is 1.22 bits per heavy atom. The van der Waals surface area contributed by atoms with Gasteiger partial charge in [-0.1, -0.05) is 10.3 Å². The molecular weight excluding hydrogens is 164 g/mol. The number of rotatable bonds is 1. The van der Waals surface area contributed by atoms with Crippen LogP contribution in [0.1, 0.15) is 13.8 Å². The maximum absolute atomic E-state index is 8.03. The summed E-state index contributed by atoms with van der Waals surface area (Å²) in [5, 5.41) is 21.6. The van der Waals surface area contributed by atoms with Gasteiger partial charge in [0.25, 0.3) is 0 Å². The normalized spacial score (nSPS) is 12.7. The first-order valence-corrected chi connectivity index (χ1v) is 2.10. The molecule has 0 saturated heterocycles. The van der Waals surface area contributed by atoms with Crippen molar-refractivity contribution in [3.63, 3.8) is 0 Å². The Hall–Kier alpha value is -0.541. The van der Waals surface area contributed by atoms with E-state index in [1.807, 2.05) is 0 Å². The zero-order chi connectivity index (χ0) is 6.57. The van der Waals surface area contributed by atoms with Crippen molar-refractivity contribution in [1.29, 1.82) is 0 Å². The Balaban J connectivity index is 0. The van der Waals surface area contributed by atoms with Crippen molar-refractivity contribution in [2.75, 3.05) is 0 Å². The first-order chi connectivity index (χ1) is 3.72. The van der Waals surface area contributed by atoms with Crippen LogP contribution in [0.3, 0.4) is 0 Å². The molecule has 0 aromatic carbocycles. The van der Waals surface area contributed by atoms with Crippen LogP contribution < -0.4 is 0 Å². The Labute approximate surface area is 63.7 Å². The van der Waals surface area contributed by atoms with E-state index in [0.29, 0.717) is 11.4 Å². The molecule has 0 spiro atoms. The first-order valence-electron chi connectivity index (χ1n) is 2.10. The van der Waals surface area contributed by atoms with Crippen LogP contribution in [-0.4, -0.2) is 21.8 Å². The largest absolute Gasteiger partial charge is 0.411 e. The monoisotopic (exact) mass is 172 g/mol. The molecule has 9 heavy (non-hydrogen) atoms. The topological polar surface area (TPSA) is 65.2 Å². The summed E-state index contributed by atoms with van der Waals surface area (Å²) >= 11 is 0. The molecular formula is C4H8FeN2O2. The molecule has 0 atom stereocenters. The Kier molecular flexibility index (Phi) is 7.01. The Morgan fingerprint density at radius 1 is 1.00 bits per heavy atom. The minimum Gasteiger partial charge on any atom is -0.411 e. The minimum absolute atomic E-state index is 0. The molecule has 0 heterocycles. The van der Waals surface area contributed by atoms with E-state index < -0.39 is 0 Å². The summed E-state index contributed by atoms with van der Waals surface area (Å²) in [7, 11) is 0. The molecule has 0 aliphatic rings. The van der Waals surface area contributed by atoms with Crippen molar-refractivity contribution < 1.29 is 27.5 Å². The minimum atomic E-state index is 0. The van der Waals surface area contributed by atoms with Gasteiger partial charge in [-0.25, -0.2) is 0 Å².